The highest BCUT2D eigenvalue weighted by molar-refractivity contribution is 8.02. The van der Waals surface area contributed by atoms with Crippen molar-refractivity contribution in [1.82, 2.24) is 10.2 Å². The second kappa shape index (κ2) is 10.0. The van der Waals surface area contributed by atoms with Crippen molar-refractivity contribution in [2.75, 3.05) is 25.6 Å². The molecule has 0 aromatic heterocycles. The summed E-state index contributed by atoms with van der Waals surface area (Å²) in [6, 6.07) is 5.78. The lowest BCUT2D eigenvalue weighted by atomic mass is 9.66. The lowest BCUT2D eigenvalue weighted by Crippen LogP contribution is -2.58. The predicted octanol–water partition coefficient (Wildman–Crippen LogP) is 2.51. The minimum atomic E-state index is -0.782. The van der Waals surface area contributed by atoms with E-state index in [1.54, 1.807) is 48.0 Å². The number of aliphatic hydroxyl groups excluding tert-OH is 1. The van der Waals surface area contributed by atoms with Crippen molar-refractivity contribution in [3.05, 3.63) is 24.3 Å². The summed E-state index contributed by atoms with van der Waals surface area (Å²) < 4.78 is 4.50. The number of likely N-dealkylation sites (tertiary alicyclic amines) is 1. The van der Waals surface area contributed by atoms with E-state index in [1.165, 1.54) is 0 Å². The second-order valence-corrected chi connectivity index (χ2v) is 11.8. The number of aliphatic hydroxyl groups is 1. The number of ether oxygens (including phenoxy) is 1. The van der Waals surface area contributed by atoms with Crippen LogP contribution in [0, 0.1) is 23.7 Å². The normalized spacial score (nSPS) is 32.0. The first-order valence-electron chi connectivity index (χ1n) is 12.5. The number of carbonyl (C=O) groups excluding carboxylic acids is 3. The number of rotatable bonds is 9. The summed E-state index contributed by atoms with van der Waals surface area (Å²) in [6.45, 7) is 8.29. The maximum atomic E-state index is 14.1. The Kier molecular flexibility index (Phi) is 7.38. The quantitative estimate of drug-likeness (QED) is 0.478. The van der Waals surface area contributed by atoms with Gasteiger partial charge < -0.3 is 25.4 Å². The molecular weight excluding hydrogens is 466 g/mol. The molecular formula is C26H37N3O5S. The molecule has 3 saturated heterocycles. The van der Waals surface area contributed by atoms with Crippen LogP contribution in [0.2, 0.25) is 0 Å². The first kappa shape index (κ1) is 25.8. The molecule has 3 unspecified atom stereocenters. The van der Waals surface area contributed by atoms with E-state index in [0.29, 0.717) is 18.0 Å². The molecule has 0 aliphatic carbocycles. The summed E-state index contributed by atoms with van der Waals surface area (Å²) in [5.74, 6) is -0.923. The van der Waals surface area contributed by atoms with Crippen LogP contribution in [0.4, 0.5) is 5.69 Å². The van der Waals surface area contributed by atoms with Gasteiger partial charge in [-0.1, -0.05) is 27.7 Å². The molecule has 3 aliphatic heterocycles. The molecule has 1 aromatic carbocycles. The monoisotopic (exact) mass is 503 g/mol. The Bertz CT molecular complexity index is 970. The fourth-order valence-corrected chi connectivity index (χ4v) is 8.70. The molecule has 3 heterocycles. The van der Waals surface area contributed by atoms with Crippen LogP contribution in [0.15, 0.2) is 24.3 Å². The average Bonchev–Trinajstić information content (AvgIpc) is 3.42. The summed E-state index contributed by atoms with van der Waals surface area (Å²) in [5, 5.41) is 16.3. The molecule has 2 bridgehead atoms. The molecule has 3 amide bonds. The average molecular weight is 504 g/mol. The molecule has 0 saturated carbocycles. The van der Waals surface area contributed by atoms with Gasteiger partial charge in [-0.3, -0.25) is 14.4 Å². The van der Waals surface area contributed by atoms with Gasteiger partial charge in [-0.05, 0) is 48.9 Å². The predicted molar refractivity (Wildman–Crippen MR) is 136 cm³/mol. The molecule has 7 atom stereocenters. The van der Waals surface area contributed by atoms with Crippen molar-refractivity contribution >= 4 is 35.2 Å². The lowest BCUT2D eigenvalue weighted by molar-refractivity contribution is -0.143. The SMILES string of the molecule is CCCNC(=O)[C@@H]1[C@@H]2CC(C)C3(S2)C(C(=O)Nc2ccc(OC)cc2)N([C@@H](CO)C(C)C)C(=O)[C@H]13. The van der Waals surface area contributed by atoms with Crippen LogP contribution >= 0.6 is 11.8 Å². The second-order valence-electron chi connectivity index (χ2n) is 10.3. The van der Waals surface area contributed by atoms with Gasteiger partial charge in [-0.2, -0.15) is 0 Å². The fraction of sp³-hybridized carbons (Fsp3) is 0.654. The van der Waals surface area contributed by atoms with Gasteiger partial charge in [-0.25, -0.2) is 0 Å². The van der Waals surface area contributed by atoms with Crippen LogP contribution in [0.25, 0.3) is 0 Å². The molecule has 1 aromatic rings. The zero-order chi connectivity index (χ0) is 25.5. The van der Waals surface area contributed by atoms with Crippen LogP contribution in [-0.4, -0.2) is 70.1 Å². The lowest BCUT2D eigenvalue weighted by Gasteiger charge is -2.40. The molecule has 3 N–H and O–H groups in total. The maximum absolute atomic E-state index is 14.1. The number of thioether (sulfide) groups is 1. The Morgan fingerprint density at radius 2 is 1.94 bits per heavy atom. The van der Waals surface area contributed by atoms with Crippen LogP contribution in [0.5, 0.6) is 5.75 Å². The van der Waals surface area contributed by atoms with Crippen molar-refractivity contribution in [2.24, 2.45) is 23.7 Å². The van der Waals surface area contributed by atoms with Crippen LogP contribution in [0.1, 0.15) is 40.5 Å². The Labute approximate surface area is 211 Å². The highest BCUT2D eigenvalue weighted by atomic mass is 32.2. The molecule has 3 fully saturated rings. The zero-order valence-corrected chi connectivity index (χ0v) is 21.9. The highest BCUT2D eigenvalue weighted by Crippen LogP contribution is 2.68. The first-order valence-corrected chi connectivity index (χ1v) is 13.4. The summed E-state index contributed by atoms with van der Waals surface area (Å²) in [7, 11) is 1.58. The summed E-state index contributed by atoms with van der Waals surface area (Å²) in [5.41, 5.74) is 0.607. The van der Waals surface area contributed by atoms with Gasteiger partial charge in [0.1, 0.15) is 11.8 Å². The molecule has 1 spiro atoms. The number of anilines is 1. The van der Waals surface area contributed by atoms with Crippen molar-refractivity contribution in [2.45, 2.75) is 62.6 Å². The van der Waals surface area contributed by atoms with E-state index in [4.69, 9.17) is 4.74 Å². The molecule has 3 aliphatic rings. The third-order valence-corrected chi connectivity index (χ3v) is 10.0. The molecule has 8 nitrogen and oxygen atoms in total. The number of hydrogen-bond donors (Lipinski definition) is 3. The Morgan fingerprint density at radius 1 is 1.26 bits per heavy atom. The van der Waals surface area contributed by atoms with E-state index in [0.717, 1.165) is 12.8 Å². The minimum Gasteiger partial charge on any atom is -0.497 e. The van der Waals surface area contributed by atoms with Crippen LogP contribution in [-0.2, 0) is 14.4 Å². The van der Waals surface area contributed by atoms with Crippen LogP contribution in [0.3, 0.4) is 0 Å². The summed E-state index contributed by atoms with van der Waals surface area (Å²) >= 11 is 1.64. The topological polar surface area (TPSA) is 108 Å². The Hall–Kier alpha value is -2.26. The van der Waals surface area contributed by atoms with Crippen molar-refractivity contribution < 1.29 is 24.2 Å². The Balaban J connectivity index is 1.75. The van der Waals surface area contributed by atoms with Gasteiger partial charge in [0.15, 0.2) is 0 Å². The number of hydrogen-bond acceptors (Lipinski definition) is 6. The van der Waals surface area contributed by atoms with E-state index < -0.39 is 28.7 Å². The standard InChI is InChI=1S/C26H37N3O5S/c1-6-11-27-23(31)20-19-12-15(4)26(35-19)21(20)25(33)29(18(13-30)14(2)3)22(26)24(32)28-16-7-9-17(34-5)10-8-16/h7-10,14-15,18-22,30H,6,11-13H2,1-5H3,(H,27,31)(H,28,32)/t15?,18-,19-,20+,21-,22?,26?/m0/s1. The number of methoxy groups -OCH3 is 1. The first-order chi connectivity index (χ1) is 16.7. The highest BCUT2D eigenvalue weighted by Gasteiger charge is 2.76. The Morgan fingerprint density at radius 3 is 2.51 bits per heavy atom. The molecule has 192 valence electrons. The van der Waals surface area contributed by atoms with E-state index in [1.807, 2.05) is 20.8 Å². The van der Waals surface area contributed by atoms with Crippen molar-refractivity contribution in [3.8, 4) is 5.75 Å². The van der Waals surface area contributed by atoms with Crippen molar-refractivity contribution in [1.29, 1.82) is 0 Å². The van der Waals surface area contributed by atoms with E-state index in [-0.39, 0.29) is 41.4 Å². The van der Waals surface area contributed by atoms with Gasteiger partial charge in [0, 0.05) is 17.5 Å². The molecule has 35 heavy (non-hydrogen) atoms. The van der Waals surface area contributed by atoms with Gasteiger partial charge in [0.25, 0.3) is 0 Å². The number of nitrogens with one attached hydrogen (secondary N) is 2. The minimum absolute atomic E-state index is 0.000805. The van der Waals surface area contributed by atoms with Gasteiger partial charge in [0.05, 0.1) is 36.3 Å². The zero-order valence-electron chi connectivity index (χ0n) is 21.1. The number of fused-ring (bicyclic) bond motifs is 1. The third-order valence-electron chi connectivity index (χ3n) is 7.96. The summed E-state index contributed by atoms with van der Waals surface area (Å²) in [4.78, 5) is 42.9. The van der Waals surface area contributed by atoms with Crippen LogP contribution < -0.4 is 15.4 Å². The molecule has 4 rings (SSSR count). The van der Waals surface area contributed by atoms with E-state index in [9.17, 15) is 19.5 Å². The summed E-state index contributed by atoms with van der Waals surface area (Å²) in [6.07, 6.45) is 1.60. The number of nitrogens with zero attached hydrogens (tertiary/aromatic N) is 1. The molecule has 0 radical (unpaired) electrons. The molecule has 9 heteroatoms. The van der Waals surface area contributed by atoms with E-state index >= 15 is 0 Å². The number of benzene rings is 1. The van der Waals surface area contributed by atoms with Gasteiger partial charge in [-0.15, -0.1) is 11.8 Å². The van der Waals surface area contributed by atoms with E-state index in [2.05, 4.69) is 17.6 Å². The largest absolute Gasteiger partial charge is 0.497 e. The van der Waals surface area contributed by atoms with Crippen molar-refractivity contribution in [3.63, 3.8) is 0 Å². The smallest absolute Gasteiger partial charge is 0.248 e. The van der Waals surface area contributed by atoms with Gasteiger partial charge >= 0.3 is 0 Å². The fourth-order valence-electron chi connectivity index (χ4n) is 6.29. The maximum Gasteiger partial charge on any atom is 0.248 e. The van der Waals surface area contributed by atoms with Gasteiger partial charge in [0.2, 0.25) is 17.7 Å². The number of amides is 3. The third kappa shape index (κ3) is 4.10. The number of carbonyl (C=O) groups is 3.